The molecular weight excluding hydrogens is 244 g/mol. The van der Waals surface area contributed by atoms with Crippen LogP contribution in [0, 0.1) is 0 Å². The second-order valence-corrected chi connectivity index (χ2v) is 4.61. The van der Waals surface area contributed by atoms with Gasteiger partial charge in [-0.05, 0) is 30.3 Å². The van der Waals surface area contributed by atoms with Crippen LogP contribution in [0.1, 0.15) is 17.5 Å². The summed E-state index contributed by atoms with van der Waals surface area (Å²) in [5.74, 6) is -0.124. The number of nitrogens with one attached hydrogen (secondary N) is 1. The first kappa shape index (κ1) is 13.5. The number of amides is 1. The van der Waals surface area contributed by atoms with E-state index in [9.17, 15) is 9.59 Å². The first-order valence-electron chi connectivity index (χ1n) is 6.30. The summed E-state index contributed by atoms with van der Waals surface area (Å²) in [6, 6.07) is 5.72. The zero-order valence-corrected chi connectivity index (χ0v) is 11.2. The first-order valence-corrected chi connectivity index (χ1v) is 6.30. The number of benzene rings is 1. The Bertz CT molecular complexity index is 499. The van der Waals surface area contributed by atoms with Crippen molar-refractivity contribution >= 4 is 17.6 Å². The summed E-state index contributed by atoms with van der Waals surface area (Å²) in [6.07, 6.45) is 0.788. The zero-order valence-electron chi connectivity index (χ0n) is 11.2. The van der Waals surface area contributed by atoms with E-state index >= 15 is 0 Å². The van der Waals surface area contributed by atoms with E-state index in [2.05, 4.69) is 5.32 Å². The van der Waals surface area contributed by atoms with Gasteiger partial charge in [0.25, 0.3) is 0 Å². The lowest BCUT2D eigenvalue weighted by molar-refractivity contribution is -0.144. The topological polar surface area (TPSA) is 58.6 Å². The Morgan fingerprint density at radius 2 is 2.26 bits per heavy atom. The Kier molecular flexibility index (Phi) is 4.16. The van der Waals surface area contributed by atoms with E-state index in [-0.39, 0.29) is 18.5 Å². The van der Waals surface area contributed by atoms with Gasteiger partial charge >= 0.3 is 5.97 Å². The van der Waals surface area contributed by atoms with Crippen LogP contribution in [0.15, 0.2) is 18.2 Å². The maximum absolute atomic E-state index is 11.6. The number of ether oxygens (including phenoxy) is 1. The lowest BCUT2D eigenvalue weighted by Crippen LogP contribution is -2.20. The van der Waals surface area contributed by atoms with Crippen molar-refractivity contribution in [2.75, 3.05) is 25.5 Å². The van der Waals surface area contributed by atoms with Crippen LogP contribution in [0.4, 0.5) is 5.69 Å². The van der Waals surface area contributed by atoms with Crippen molar-refractivity contribution in [1.82, 2.24) is 5.32 Å². The molecule has 2 rings (SSSR count). The molecule has 19 heavy (non-hydrogen) atoms. The van der Waals surface area contributed by atoms with Crippen molar-refractivity contribution in [3.05, 3.63) is 29.3 Å². The summed E-state index contributed by atoms with van der Waals surface area (Å²) in [5, 5.41) is 2.90. The van der Waals surface area contributed by atoms with E-state index in [1.54, 1.807) is 19.0 Å². The lowest BCUT2D eigenvalue weighted by Gasteiger charge is -2.10. The Hall–Kier alpha value is -1.88. The van der Waals surface area contributed by atoms with Crippen molar-refractivity contribution < 1.29 is 14.3 Å². The molecule has 0 fully saturated rings. The number of hydrogen-bond donors (Lipinski definition) is 1. The molecule has 1 aliphatic rings. The van der Waals surface area contributed by atoms with Crippen LogP contribution in [0.25, 0.3) is 0 Å². The van der Waals surface area contributed by atoms with Gasteiger partial charge in [-0.1, -0.05) is 6.07 Å². The standard InChI is InChI=1S/C14H18N2O3/c1-15-6-5-14(18)19-9-10-3-4-12-11(7-10)8-13(17)16(12)2/h3-4,7,15H,5-6,8-9H2,1-2H3. The Labute approximate surface area is 112 Å². The van der Waals surface area contributed by atoms with Gasteiger partial charge in [0.1, 0.15) is 6.61 Å². The maximum atomic E-state index is 11.6. The average Bonchev–Trinajstić information content (AvgIpc) is 2.69. The molecule has 1 aromatic carbocycles. The van der Waals surface area contributed by atoms with E-state index in [4.69, 9.17) is 4.74 Å². The molecule has 0 saturated carbocycles. The van der Waals surface area contributed by atoms with Crippen molar-refractivity contribution in [1.29, 1.82) is 0 Å². The van der Waals surface area contributed by atoms with Crippen LogP contribution in [0.5, 0.6) is 0 Å². The number of carbonyl (C=O) groups excluding carboxylic acids is 2. The molecule has 0 spiro atoms. The maximum Gasteiger partial charge on any atom is 0.307 e. The summed E-state index contributed by atoms with van der Waals surface area (Å²) < 4.78 is 5.17. The Balaban J connectivity index is 1.95. The van der Waals surface area contributed by atoms with Crippen LogP contribution >= 0.6 is 0 Å². The van der Waals surface area contributed by atoms with Crippen molar-refractivity contribution in [2.45, 2.75) is 19.4 Å². The predicted octanol–water partition coefficient (Wildman–Crippen LogP) is 0.858. The molecule has 0 bridgehead atoms. The molecule has 0 radical (unpaired) electrons. The molecule has 0 unspecified atom stereocenters. The minimum atomic E-state index is -0.219. The highest BCUT2D eigenvalue weighted by atomic mass is 16.5. The summed E-state index contributed by atoms with van der Waals surface area (Å²) >= 11 is 0. The van der Waals surface area contributed by atoms with E-state index < -0.39 is 0 Å². The van der Waals surface area contributed by atoms with Crippen LogP contribution < -0.4 is 10.2 Å². The summed E-state index contributed by atoms with van der Waals surface area (Å²) in [6.45, 7) is 0.871. The van der Waals surface area contributed by atoms with Gasteiger partial charge in [-0.2, -0.15) is 0 Å². The van der Waals surface area contributed by atoms with Gasteiger partial charge in [0.05, 0.1) is 12.8 Å². The van der Waals surface area contributed by atoms with Crippen LogP contribution in [0.2, 0.25) is 0 Å². The van der Waals surface area contributed by atoms with Gasteiger partial charge in [0.15, 0.2) is 0 Å². The summed E-state index contributed by atoms with van der Waals surface area (Å²) in [5.41, 5.74) is 2.85. The summed E-state index contributed by atoms with van der Waals surface area (Å²) in [4.78, 5) is 24.6. The van der Waals surface area contributed by atoms with Crippen molar-refractivity contribution in [3.63, 3.8) is 0 Å². The first-order chi connectivity index (χ1) is 9.11. The van der Waals surface area contributed by atoms with Gasteiger partial charge in [-0.25, -0.2) is 0 Å². The molecule has 5 nitrogen and oxygen atoms in total. The van der Waals surface area contributed by atoms with Crippen LogP contribution in [0.3, 0.4) is 0 Å². The second kappa shape index (κ2) is 5.84. The highest BCUT2D eigenvalue weighted by Gasteiger charge is 2.23. The normalized spacial score (nSPS) is 13.6. The third-order valence-electron chi connectivity index (χ3n) is 3.20. The zero-order chi connectivity index (χ0) is 13.8. The van der Waals surface area contributed by atoms with Gasteiger partial charge in [-0.15, -0.1) is 0 Å². The molecule has 0 atom stereocenters. The average molecular weight is 262 g/mol. The predicted molar refractivity (Wildman–Crippen MR) is 71.9 cm³/mol. The van der Waals surface area contributed by atoms with E-state index in [1.165, 1.54) is 0 Å². The fourth-order valence-corrected chi connectivity index (χ4v) is 2.08. The number of esters is 1. The van der Waals surface area contributed by atoms with Crippen LogP contribution in [-0.2, 0) is 27.4 Å². The molecular formula is C14H18N2O3. The molecule has 0 aliphatic carbocycles. The van der Waals surface area contributed by atoms with Crippen LogP contribution in [-0.4, -0.2) is 32.5 Å². The number of likely N-dealkylation sites (N-methyl/N-ethyl adjacent to an activating group) is 1. The highest BCUT2D eigenvalue weighted by molar-refractivity contribution is 6.00. The molecule has 5 heteroatoms. The highest BCUT2D eigenvalue weighted by Crippen LogP contribution is 2.28. The fraction of sp³-hybridized carbons (Fsp3) is 0.429. The smallest absolute Gasteiger partial charge is 0.307 e. The monoisotopic (exact) mass is 262 g/mol. The van der Waals surface area contributed by atoms with Gasteiger partial charge < -0.3 is 15.0 Å². The number of nitrogens with zero attached hydrogens (tertiary/aromatic N) is 1. The second-order valence-electron chi connectivity index (χ2n) is 4.61. The number of carbonyl (C=O) groups is 2. The van der Waals surface area contributed by atoms with Crippen molar-refractivity contribution in [2.24, 2.45) is 0 Å². The van der Waals surface area contributed by atoms with Gasteiger partial charge in [0, 0.05) is 19.3 Å². The summed E-state index contributed by atoms with van der Waals surface area (Å²) in [7, 11) is 3.56. The van der Waals surface area contributed by atoms with E-state index in [0.717, 1.165) is 16.8 Å². The molecule has 1 heterocycles. The number of hydrogen-bond acceptors (Lipinski definition) is 4. The van der Waals surface area contributed by atoms with Gasteiger partial charge in [0.2, 0.25) is 5.91 Å². The molecule has 102 valence electrons. The SMILES string of the molecule is CNCCC(=O)OCc1ccc2c(c1)CC(=O)N2C. The number of fused-ring (bicyclic) bond motifs is 1. The largest absolute Gasteiger partial charge is 0.461 e. The lowest BCUT2D eigenvalue weighted by atomic mass is 10.1. The third-order valence-corrected chi connectivity index (χ3v) is 3.20. The Morgan fingerprint density at radius 3 is 3.00 bits per heavy atom. The molecule has 1 aliphatic heterocycles. The van der Waals surface area contributed by atoms with E-state index in [0.29, 0.717) is 19.4 Å². The number of anilines is 1. The molecule has 1 aromatic rings. The fourth-order valence-electron chi connectivity index (χ4n) is 2.08. The van der Waals surface area contributed by atoms with E-state index in [1.807, 2.05) is 18.2 Å². The minimum absolute atomic E-state index is 0.0955. The third kappa shape index (κ3) is 3.12. The molecule has 1 amide bonds. The molecule has 1 N–H and O–H groups in total. The molecule has 0 saturated heterocycles. The minimum Gasteiger partial charge on any atom is -0.461 e. The number of rotatable bonds is 5. The quantitative estimate of drug-likeness (QED) is 0.800. The Morgan fingerprint density at radius 1 is 1.47 bits per heavy atom. The van der Waals surface area contributed by atoms with Crippen molar-refractivity contribution in [3.8, 4) is 0 Å². The molecule has 0 aromatic heterocycles. The van der Waals surface area contributed by atoms with Gasteiger partial charge in [-0.3, -0.25) is 9.59 Å².